The lowest BCUT2D eigenvalue weighted by Crippen LogP contribution is -2.72. The molecule has 0 aromatic rings. The number of hydrogen-bond acceptors (Lipinski definition) is 6. The number of fused-ring (bicyclic) bond motifs is 2. The van der Waals surface area contributed by atoms with Crippen molar-refractivity contribution in [2.24, 2.45) is 5.41 Å². The number of sulfone groups is 1. The zero-order valence-corrected chi connectivity index (χ0v) is 15.3. The van der Waals surface area contributed by atoms with Crippen molar-refractivity contribution in [1.29, 1.82) is 0 Å². The minimum absolute atomic E-state index is 0.147. The number of rotatable bonds is 2. The van der Waals surface area contributed by atoms with Gasteiger partial charge in [-0.25, -0.2) is 13.2 Å². The molecule has 3 rings (SSSR count). The number of carbonyl (C=O) groups excluding carboxylic acids is 1. The molecule has 0 radical (unpaired) electrons. The summed E-state index contributed by atoms with van der Waals surface area (Å²) in [5.41, 5.74) is -2.72. The zero-order valence-electron chi connectivity index (χ0n) is 14.5. The van der Waals surface area contributed by atoms with Gasteiger partial charge in [0.05, 0.1) is 28.1 Å². The van der Waals surface area contributed by atoms with Crippen LogP contribution in [0.3, 0.4) is 0 Å². The van der Waals surface area contributed by atoms with Crippen LogP contribution >= 0.6 is 0 Å². The highest BCUT2D eigenvalue weighted by molar-refractivity contribution is 7.93. The van der Waals surface area contributed by atoms with Gasteiger partial charge in [-0.3, -0.25) is 0 Å². The van der Waals surface area contributed by atoms with Crippen LogP contribution in [0.1, 0.15) is 46.5 Å². The van der Waals surface area contributed by atoms with Crippen LogP contribution in [0.4, 0.5) is 4.79 Å². The van der Waals surface area contributed by atoms with Gasteiger partial charge in [0.2, 0.25) is 0 Å². The molecule has 2 unspecified atom stereocenters. The van der Waals surface area contributed by atoms with Crippen LogP contribution in [0.2, 0.25) is 0 Å². The molecule has 2 atom stereocenters. The molecule has 138 valence electrons. The number of likely N-dealkylation sites (tertiary alicyclic amines) is 1. The predicted octanol–water partition coefficient (Wildman–Crippen LogP) is 0.686. The largest absolute Gasteiger partial charge is 0.444 e. The van der Waals surface area contributed by atoms with Crippen LogP contribution in [0.5, 0.6) is 0 Å². The molecule has 1 amide bonds. The van der Waals surface area contributed by atoms with E-state index in [-0.39, 0.29) is 32.5 Å². The first kappa shape index (κ1) is 17.9. The van der Waals surface area contributed by atoms with Crippen molar-refractivity contribution in [3.05, 3.63) is 0 Å². The fourth-order valence-corrected chi connectivity index (χ4v) is 6.85. The van der Waals surface area contributed by atoms with Crippen molar-refractivity contribution in [2.75, 3.05) is 19.7 Å². The summed E-state index contributed by atoms with van der Waals surface area (Å²) in [7, 11) is -3.15. The Bertz CT molecular complexity index is 611. The molecule has 0 spiro atoms. The average Bonchev–Trinajstić information content (AvgIpc) is 2.57. The second kappa shape index (κ2) is 5.32. The van der Waals surface area contributed by atoms with Crippen LogP contribution in [0.15, 0.2) is 0 Å². The van der Waals surface area contributed by atoms with Crippen LogP contribution in [0, 0.1) is 5.41 Å². The Hall–Kier alpha value is -0.860. The van der Waals surface area contributed by atoms with E-state index in [1.807, 2.05) is 0 Å². The molecule has 0 saturated carbocycles. The van der Waals surface area contributed by atoms with E-state index < -0.39 is 43.0 Å². The average molecular weight is 361 g/mol. The predicted molar refractivity (Wildman–Crippen MR) is 87.2 cm³/mol. The van der Waals surface area contributed by atoms with Crippen molar-refractivity contribution in [3.8, 4) is 0 Å². The summed E-state index contributed by atoms with van der Waals surface area (Å²) in [5.74, 6) is 0. The smallest absolute Gasteiger partial charge is 0.410 e. The highest BCUT2D eigenvalue weighted by Crippen LogP contribution is 2.53. The van der Waals surface area contributed by atoms with Gasteiger partial charge in [0, 0.05) is 13.1 Å². The highest BCUT2D eigenvalue weighted by Gasteiger charge is 2.64. The Labute approximate surface area is 142 Å². The maximum absolute atomic E-state index is 12.3. The highest BCUT2D eigenvalue weighted by atomic mass is 32.2. The normalized spacial score (nSPS) is 37.0. The molecule has 0 aromatic carbocycles. The van der Waals surface area contributed by atoms with E-state index in [1.54, 1.807) is 20.8 Å². The lowest BCUT2D eigenvalue weighted by Gasteiger charge is -2.58. The van der Waals surface area contributed by atoms with E-state index in [1.165, 1.54) is 4.90 Å². The van der Waals surface area contributed by atoms with Gasteiger partial charge in [0.1, 0.15) is 5.60 Å². The lowest BCUT2D eigenvalue weighted by molar-refractivity contribution is -0.183. The number of aliphatic hydroxyl groups is 2. The van der Waals surface area contributed by atoms with E-state index in [0.29, 0.717) is 12.8 Å². The number of hydrogen-bond donors (Lipinski definition) is 2. The van der Waals surface area contributed by atoms with Gasteiger partial charge in [-0.05, 0) is 46.5 Å². The van der Waals surface area contributed by atoms with Crippen molar-refractivity contribution in [3.63, 3.8) is 0 Å². The second-order valence-electron chi connectivity index (χ2n) is 8.63. The first-order valence-electron chi connectivity index (χ1n) is 8.46. The number of aliphatic hydroxyl groups excluding tert-OH is 1. The Morgan fingerprint density at radius 3 is 2.12 bits per heavy atom. The molecule has 24 heavy (non-hydrogen) atoms. The monoisotopic (exact) mass is 361 g/mol. The number of ether oxygens (including phenoxy) is 1. The minimum Gasteiger partial charge on any atom is -0.444 e. The zero-order chi connectivity index (χ0) is 18.0. The van der Waals surface area contributed by atoms with Gasteiger partial charge in [-0.2, -0.15) is 0 Å². The fourth-order valence-electron chi connectivity index (χ4n) is 4.36. The van der Waals surface area contributed by atoms with Crippen LogP contribution in [-0.2, 0) is 14.6 Å². The first-order chi connectivity index (χ1) is 10.9. The molecule has 0 aromatic heterocycles. The first-order valence-corrected chi connectivity index (χ1v) is 10.1. The molecule has 3 aliphatic heterocycles. The SMILES string of the molecule is CC(C)(C)OC(=O)N1CC(CO)(C2(O)CC3CCC(C2)S3(=O)=O)C1. The molecule has 0 aliphatic carbocycles. The number of nitrogens with zero attached hydrogens (tertiary/aromatic N) is 1. The lowest BCUT2D eigenvalue weighted by atomic mass is 9.63. The molecule has 3 saturated heterocycles. The Kier molecular flexibility index (Phi) is 3.98. The van der Waals surface area contributed by atoms with Crippen molar-refractivity contribution >= 4 is 15.9 Å². The van der Waals surface area contributed by atoms with E-state index >= 15 is 0 Å². The third-order valence-electron chi connectivity index (χ3n) is 5.80. The van der Waals surface area contributed by atoms with E-state index in [9.17, 15) is 23.4 Å². The molecule has 2 bridgehead atoms. The van der Waals surface area contributed by atoms with Crippen molar-refractivity contribution in [1.82, 2.24) is 4.90 Å². The molecule has 8 heteroatoms. The molecular formula is C16H27NO6S. The minimum atomic E-state index is -3.15. The van der Waals surface area contributed by atoms with Gasteiger partial charge >= 0.3 is 6.09 Å². The molecule has 7 nitrogen and oxygen atoms in total. The summed E-state index contributed by atoms with van der Waals surface area (Å²) < 4.78 is 29.8. The fraction of sp³-hybridized carbons (Fsp3) is 0.938. The Morgan fingerprint density at radius 2 is 1.71 bits per heavy atom. The third-order valence-corrected chi connectivity index (χ3v) is 8.46. The van der Waals surface area contributed by atoms with Crippen LogP contribution < -0.4 is 0 Å². The molecule has 3 aliphatic rings. The summed E-state index contributed by atoms with van der Waals surface area (Å²) in [6.07, 6.45) is 0.976. The van der Waals surface area contributed by atoms with Crippen molar-refractivity contribution in [2.45, 2.75) is 68.2 Å². The van der Waals surface area contributed by atoms with Gasteiger partial charge in [0.15, 0.2) is 9.84 Å². The summed E-state index contributed by atoms with van der Waals surface area (Å²) >= 11 is 0. The summed E-state index contributed by atoms with van der Waals surface area (Å²) in [5, 5.41) is 20.0. The van der Waals surface area contributed by atoms with E-state index in [2.05, 4.69) is 0 Å². The molecular weight excluding hydrogens is 334 g/mol. The summed E-state index contributed by atoms with van der Waals surface area (Å²) in [6.45, 7) is 5.44. The second-order valence-corrected chi connectivity index (χ2v) is 11.1. The topological polar surface area (TPSA) is 104 Å². The van der Waals surface area contributed by atoms with Gasteiger partial charge in [-0.1, -0.05) is 0 Å². The number of carbonyl (C=O) groups is 1. The van der Waals surface area contributed by atoms with E-state index in [4.69, 9.17) is 4.74 Å². The standard InChI is InChI=1S/C16H27NO6S/c1-14(2,3)23-13(19)17-8-15(9-17,10-18)16(20)6-11-4-5-12(7-16)24(11,21)22/h11-12,18,20H,4-10H2,1-3H3. The summed E-state index contributed by atoms with van der Waals surface area (Å²) in [4.78, 5) is 13.6. The molecule has 3 fully saturated rings. The van der Waals surface area contributed by atoms with Gasteiger partial charge in [-0.15, -0.1) is 0 Å². The Balaban J connectivity index is 1.74. The van der Waals surface area contributed by atoms with Gasteiger partial charge < -0.3 is 19.8 Å². The molecule has 2 N–H and O–H groups in total. The van der Waals surface area contributed by atoms with Gasteiger partial charge in [0.25, 0.3) is 0 Å². The quantitative estimate of drug-likeness (QED) is 0.750. The van der Waals surface area contributed by atoms with E-state index in [0.717, 1.165) is 0 Å². The number of amides is 1. The maximum atomic E-state index is 12.3. The summed E-state index contributed by atoms with van der Waals surface area (Å²) in [6, 6.07) is 0. The van der Waals surface area contributed by atoms with Crippen LogP contribution in [-0.4, -0.2) is 71.0 Å². The maximum Gasteiger partial charge on any atom is 0.410 e. The Morgan fingerprint density at radius 1 is 1.21 bits per heavy atom. The third kappa shape index (κ3) is 2.63. The molecule has 3 heterocycles. The van der Waals surface area contributed by atoms with Crippen LogP contribution in [0.25, 0.3) is 0 Å². The van der Waals surface area contributed by atoms with Crippen molar-refractivity contribution < 1.29 is 28.2 Å².